The molecule has 2 heterocycles. The lowest BCUT2D eigenvalue weighted by Crippen LogP contribution is -2.25. The van der Waals surface area contributed by atoms with E-state index < -0.39 is 9.84 Å². The van der Waals surface area contributed by atoms with Crippen molar-refractivity contribution < 1.29 is 8.42 Å². The van der Waals surface area contributed by atoms with Gasteiger partial charge in [-0.05, 0) is 38.9 Å². The molecule has 3 nitrogen and oxygen atoms in total. The second-order valence-corrected chi connectivity index (χ2v) is 8.17. The van der Waals surface area contributed by atoms with Crippen molar-refractivity contribution in [2.45, 2.75) is 31.6 Å². The Bertz CT molecular complexity index is 464. The highest BCUT2D eigenvalue weighted by Crippen LogP contribution is 2.27. The van der Waals surface area contributed by atoms with Crippen molar-refractivity contribution in [3.63, 3.8) is 0 Å². The average Bonchev–Trinajstić information content (AvgIpc) is 2.57. The Morgan fingerprint density at radius 3 is 2.81 bits per heavy atom. The van der Waals surface area contributed by atoms with Gasteiger partial charge < -0.3 is 5.32 Å². The summed E-state index contributed by atoms with van der Waals surface area (Å²) in [4.78, 5) is 2.36. The molecule has 0 amide bonds. The molecule has 0 spiro atoms. The minimum absolute atomic E-state index is 0.0198. The summed E-state index contributed by atoms with van der Waals surface area (Å²) < 4.78 is 23.9. The molecule has 1 saturated heterocycles. The molecule has 1 aromatic heterocycles. The van der Waals surface area contributed by atoms with E-state index in [1.165, 1.54) is 4.88 Å². The molecular formula is C11H17NO2S2. The minimum Gasteiger partial charge on any atom is -0.308 e. The predicted octanol–water partition coefficient (Wildman–Crippen LogP) is 1.89. The number of nitrogens with one attached hydrogen (secondary N) is 1. The summed E-state index contributed by atoms with van der Waals surface area (Å²) in [5, 5.41) is 3.11. The highest BCUT2D eigenvalue weighted by molar-refractivity contribution is 7.92. The van der Waals surface area contributed by atoms with Crippen LogP contribution in [0.15, 0.2) is 12.1 Å². The maximum Gasteiger partial charge on any atom is 0.154 e. The molecule has 1 aromatic rings. The summed E-state index contributed by atoms with van der Waals surface area (Å²) >= 11 is 1.68. The van der Waals surface area contributed by atoms with E-state index in [-0.39, 0.29) is 17.0 Å². The van der Waals surface area contributed by atoms with Gasteiger partial charge in [0.05, 0.1) is 17.0 Å². The Morgan fingerprint density at radius 1 is 1.44 bits per heavy atom. The zero-order valence-corrected chi connectivity index (χ0v) is 11.2. The Morgan fingerprint density at radius 2 is 2.19 bits per heavy atom. The first kappa shape index (κ1) is 12.1. The summed E-state index contributed by atoms with van der Waals surface area (Å²) in [6.07, 6.45) is 0.711. The molecule has 2 unspecified atom stereocenters. The van der Waals surface area contributed by atoms with Gasteiger partial charge in [0.25, 0.3) is 0 Å². The van der Waals surface area contributed by atoms with Crippen LogP contribution in [0, 0.1) is 6.92 Å². The Balaban J connectivity index is 2.24. The topological polar surface area (TPSA) is 46.2 Å². The van der Waals surface area contributed by atoms with Gasteiger partial charge in [-0.2, -0.15) is 0 Å². The summed E-state index contributed by atoms with van der Waals surface area (Å²) in [5.74, 6) is 0.230. The second kappa shape index (κ2) is 4.47. The highest BCUT2D eigenvalue weighted by Gasteiger charge is 2.29. The number of hydrogen-bond acceptors (Lipinski definition) is 4. The van der Waals surface area contributed by atoms with Crippen molar-refractivity contribution in [1.29, 1.82) is 0 Å². The first-order valence-corrected chi connectivity index (χ1v) is 8.03. The highest BCUT2D eigenvalue weighted by atomic mass is 32.2. The van der Waals surface area contributed by atoms with Gasteiger partial charge in [0, 0.05) is 9.75 Å². The molecule has 1 aliphatic heterocycles. The van der Waals surface area contributed by atoms with Gasteiger partial charge in [0.15, 0.2) is 9.84 Å². The van der Waals surface area contributed by atoms with Gasteiger partial charge in [-0.15, -0.1) is 11.3 Å². The van der Waals surface area contributed by atoms with Gasteiger partial charge in [-0.1, -0.05) is 0 Å². The number of rotatable bonds is 1. The fraction of sp³-hybridized carbons (Fsp3) is 0.636. The molecule has 16 heavy (non-hydrogen) atoms. The molecule has 90 valence electrons. The van der Waals surface area contributed by atoms with Crippen LogP contribution >= 0.6 is 11.3 Å². The lowest BCUT2D eigenvalue weighted by atomic mass is 10.2. The zero-order chi connectivity index (χ0) is 11.8. The summed E-state index contributed by atoms with van der Waals surface area (Å²) in [5.41, 5.74) is 0. The van der Waals surface area contributed by atoms with Crippen LogP contribution in [0.2, 0.25) is 0 Å². The van der Waals surface area contributed by atoms with E-state index in [4.69, 9.17) is 0 Å². The van der Waals surface area contributed by atoms with E-state index in [1.807, 2.05) is 19.1 Å². The van der Waals surface area contributed by atoms with Crippen molar-refractivity contribution in [2.75, 3.05) is 12.3 Å². The van der Waals surface area contributed by atoms with Crippen molar-refractivity contribution in [1.82, 2.24) is 5.32 Å². The number of thiophene rings is 1. The van der Waals surface area contributed by atoms with Crippen molar-refractivity contribution in [3.8, 4) is 0 Å². The normalized spacial score (nSPS) is 29.9. The third-order valence-corrected chi connectivity index (χ3v) is 6.43. The quantitative estimate of drug-likeness (QED) is 0.838. The summed E-state index contributed by atoms with van der Waals surface area (Å²) in [7, 11) is -2.94. The van der Waals surface area contributed by atoms with Gasteiger partial charge in [-0.25, -0.2) is 8.42 Å². The minimum atomic E-state index is -2.94. The molecular weight excluding hydrogens is 242 g/mol. The van der Waals surface area contributed by atoms with E-state index in [0.29, 0.717) is 6.42 Å². The van der Waals surface area contributed by atoms with Crippen molar-refractivity contribution >= 4 is 21.2 Å². The van der Waals surface area contributed by atoms with Gasteiger partial charge in [0.1, 0.15) is 0 Å². The van der Waals surface area contributed by atoms with Crippen LogP contribution in [0.25, 0.3) is 0 Å². The molecule has 2 atom stereocenters. The van der Waals surface area contributed by atoms with Crippen LogP contribution in [-0.2, 0) is 9.84 Å². The molecule has 1 aliphatic rings. The monoisotopic (exact) mass is 259 g/mol. The first-order valence-electron chi connectivity index (χ1n) is 5.50. The Kier molecular flexibility index (Phi) is 3.37. The lowest BCUT2D eigenvalue weighted by molar-refractivity contribution is 0.576. The lowest BCUT2D eigenvalue weighted by Gasteiger charge is -2.13. The molecule has 0 aromatic carbocycles. The molecule has 1 N–H and O–H groups in total. The molecule has 0 aliphatic carbocycles. The van der Waals surface area contributed by atoms with Crippen molar-refractivity contribution in [2.24, 2.45) is 0 Å². The smallest absolute Gasteiger partial charge is 0.154 e. The molecule has 0 saturated carbocycles. The van der Waals surface area contributed by atoms with E-state index >= 15 is 0 Å². The first-order chi connectivity index (χ1) is 7.49. The van der Waals surface area contributed by atoms with Crippen LogP contribution in [-0.4, -0.2) is 26.0 Å². The van der Waals surface area contributed by atoms with E-state index in [1.54, 1.807) is 18.3 Å². The van der Waals surface area contributed by atoms with Crippen LogP contribution in [0.1, 0.15) is 29.1 Å². The van der Waals surface area contributed by atoms with E-state index in [2.05, 4.69) is 5.32 Å². The molecule has 0 radical (unpaired) electrons. The fourth-order valence-corrected chi connectivity index (χ4v) is 4.55. The molecule has 2 rings (SSSR count). The second-order valence-electron chi connectivity index (χ2n) is 4.38. The maximum atomic E-state index is 12.0. The number of aryl methyl sites for hydroxylation is 1. The van der Waals surface area contributed by atoms with Crippen LogP contribution in [0.5, 0.6) is 0 Å². The predicted molar refractivity (Wildman–Crippen MR) is 67.7 cm³/mol. The zero-order valence-electron chi connectivity index (χ0n) is 9.56. The number of hydrogen-bond donors (Lipinski definition) is 1. The largest absolute Gasteiger partial charge is 0.308 e. The Hall–Kier alpha value is -0.390. The third-order valence-electron chi connectivity index (χ3n) is 3.06. The average molecular weight is 259 g/mol. The summed E-state index contributed by atoms with van der Waals surface area (Å²) in [6, 6.07) is 4.06. The van der Waals surface area contributed by atoms with Crippen LogP contribution < -0.4 is 5.32 Å². The standard InChI is InChI=1S/C11H17NO2S2/c1-8-3-4-11(15-8)10-7-16(13,14)9(2)5-6-12-10/h3-4,9-10,12H,5-7H2,1-2H3. The maximum absolute atomic E-state index is 12.0. The molecule has 1 fully saturated rings. The SMILES string of the molecule is Cc1ccc(C2CS(=O)(=O)C(C)CCN2)s1. The van der Waals surface area contributed by atoms with Gasteiger partial charge >= 0.3 is 0 Å². The third kappa shape index (κ3) is 2.47. The van der Waals surface area contributed by atoms with Gasteiger partial charge in [-0.3, -0.25) is 0 Å². The Labute approximate surface area is 101 Å². The fourth-order valence-electron chi connectivity index (χ4n) is 1.92. The van der Waals surface area contributed by atoms with E-state index in [9.17, 15) is 8.42 Å². The van der Waals surface area contributed by atoms with Crippen LogP contribution in [0.3, 0.4) is 0 Å². The summed E-state index contributed by atoms with van der Waals surface area (Å²) in [6.45, 7) is 4.63. The van der Waals surface area contributed by atoms with Crippen molar-refractivity contribution in [3.05, 3.63) is 21.9 Å². The molecule has 0 bridgehead atoms. The molecule has 5 heteroatoms. The van der Waals surface area contributed by atoms with E-state index in [0.717, 1.165) is 11.4 Å². The van der Waals surface area contributed by atoms with Crippen LogP contribution in [0.4, 0.5) is 0 Å². The number of sulfone groups is 1. The van der Waals surface area contributed by atoms with Gasteiger partial charge in [0.2, 0.25) is 0 Å².